The number of hydrogen-bond donors (Lipinski definition) is 2. The second-order valence-corrected chi connectivity index (χ2v) is 13.1. The number of ether oxygens (including phenoxy) is 2. The maximum Gasteiger partial charge on any atom is 0.307 e. The molecule has 6 heteroatoms. The molecule has 10 atom stereocenters. The van der Waals surface area contributed by atoms with E-state index in [1.807, 2.05) is 6.92 Å². The van der Waals surface area contributed by atoms with Gasteiger partial charge in [0.1, 0.15) is 6.10 Å². The summed E-state index contributed by atoms with van der Waals surface area (Å²) in [4.78, 5) is 24.1. The molecule has 0 aromatic rings. The summed E-state index contributed by atoms with van der Waals surface area (Å²) in [6.07, 6.45) is 7.79. The molecule has 0 bridgehead atoms. The van der Waals surface area contributed by atoms with Crippen LogP contribution in [0.4, 0.5) is 0 Å². The number of carbonyl (C=O) groups excluding carboxylic acids is 1. The molecule has 0 aromatic heterocycles. The highest BCUT2D eigenvalue weighted by atomic mass is 16.6. The number of esters is 1. The molecule has 0 aliphatic heterocycles. The van der Waals surface area contributed by atoms with Crippen molar-refractivity contribution in [1.82, 2.24) is 5.32 Å². The van der Waals surface area contributed by atoms with Crippen molar-refractivity contribution in [2.24, 2.45) is 46.3 Å². The van der Waals surface area contributed by atoms with Crippen LogP contribution in [0.5, 0.6) is 0 Å². The Bertz CT molecular complexity index is 785. The zero-order valence-electron chi connectivity index (χ0n) is 22.8. The molecule has 35 heavy (non-hydrogen) atoms. The number of hydrogen-bond acceptors (Lipinski definition) is 5. The molecule has 0 radical (unpaired) electrons. The Labute approximate surface area is 212 Å². The lowest BCUT2D eigenvalue weighted by Gasteiger charge is -2.64. The van der Waals surface area contributed by atoms with E-state index in [9.17, 15) is 14.7 Å². The van der Waals surface area contributed by atoms with Crippen LogP contribution in [-0.4, -0.2) is 48.4 Å². The van der Waals surface area contributed by atoms with E-state index in [4.69, 9.17) is 9.47 Å². The van der Waals surface area contributed by atoms with Crippen molar-refractivity contribution in [2.75, 3.05) is 13.2 Å². The van der Waals surface area contributed by atoms with Gasteiger partial charge in [-0.25, -0.2) is 0 Å². The average molecular weight is 492 g/mol. The highest BCUT2D eigenvalue weighted by Gasteiger charge is 2.65. The van der Waals surface area contributed by atoms with Crippen molar-refractivity contribution in [3.8, 4) is 0 Å². The van der Waals surface area contributed by atoms with Gasteiger partial charge in [0.25, 0.3) is 0 Å². The fraction of sp³-hybridized carbons (Fsp3) is 0.931. The third-order valence-corrected chi connectivity index (χ3v) is 10.7. The number of carboxylic acid groups (broad SMARTS) is 1. The Hall–Kier alpha value is -1.14. The molecule has 4 aliphatic carbocycles. The van der Waals surface area contributed by atoms with E-state index in [2.05, 4.69) is 33.0 Å². The van der Waals surface area contributed by atoms with Gasteiger partial charge in [-0.1, -0.05) is 27.7 Å². The van der Waals surface area contributed by atoms with Crippen molar-refractivity contribution >= 4 is 11.9 Å². The van der Waals surface area contributed by atoms with E-state index in [0.29, 0.717) is 42.2 Å². The summed E-state index contributed by atoms with van der Waals surface area (Å²) >= 11 is 0. The minimum atomic E-state index is -0.604. The van der Waals surface area contributed by atoms with Gasteiger partial charge < -0.3 is 19.9 Å². The molecule has 0 spiro atoms. The molecule has 2 N–H and O–H groups in total. The van der Waals surface area contributed by atoms with Crippen molar-refractivity contribution in [2.45, 2.75) is 111 Å². The number of rotatable bonds is 8. The van der Waals surface area contributed by atoms with Gasteiger partial charge in [0.05, 0.1) is 12.0 Å². The number of nitrogens with one attached hydrogen (secondary N) is 1. The van der Waals surface area contributed by atoms with Crippen molar-refractivity contribution in [3.05, 3.63) is 0 Å². The fourth-order valence-corrected chi connectivity index (χ4v) is 9.30. The Morgan fingerprint density at radius 2 is 1.80 bits per heavy atom. The van der Waals surface area contributed by atoms with Gasteiger partial charge in [0, 0.05) is 19.6 Å². The molecule has 4 saturated carbocycles. The zero-order chi connectivity index (χ0) is 25.5. The molecule has 6 nitrogen and oxygen atoms in total. The lowest BCUT2D eigenvalue weighted by Crippen LogP contribution is -2.64. The average Bonchev–Trinajstić information content (AvgIpc) is 3.10. The number of carboxylic acids is 1. The first kappa shape index (κ1) is 26.9. The molecule has 200 valence electrons. The summed E-state index contributed by atoms with van der Waals surface area (Å²) in [5.41, 5.74) is -0.0441. The fourth-order valence-electron chi connectivity index (χ4n) is 9.30. The van der Waals surface area contributed by atoms with Crippen LogP contribution in [0.3, 0.4) is 0 Å². The maximum atomic E-state index is 12.3. The largest absolute Gasteiger partial charge is 0.481 e. The Kier molecular flexibility index (Phi) is 7.93. The molecule has 0 aromatic carbocycles. The molecule has 0 saturated heterocycles. The summed E-state index contributed by atoms with van der Waals surface area (Å²) in [7, 11) is 0. The van der Waals surface area contributed by atoms with E-state index in [1.54, 1.807) is 0 Å². The van der Waals surface area contributed by atoms with Crippen molar-refractivity contribution in [1.29, 1.82) is 0 Å². The van der Waals surface area contributed by atoms with Crippen LogP contribution in [0, 0.1) is 46.3 Å². The third kappa shape index (κ3) is 4.91. The summed E-state index contributed by atoms with van der Waals surface area (Å²) < 4.78 is 12.0. The first-order valence-corrected chi connectivity index (χ1v) is 14.3. The SMILES string of the molecule is CCO[C@H]1C[C@@]2(C)[C@@H](CC[C@@H]3[C@@H]2[C@H](NCCC(C)C)C[C@]2(C)[C@@H](C(=O)O)CC[C@@H]32)C[C@@H]1OC(C)=O. The van der Waals surface area contributed by atoms with Gasteiger partial charge in [0.15, 0.2) is 0 Å². The van der Waals surface area contributed by atoms with E-state index >= 15 is 0 Å². The second kappa shape index (κ2) is 10.3. The van der Waals surface area contributed by atoms with E-state index in [0.717, 1.165) is 57.9 Å². The minimum absolute atomic E-state index is 0.0659. The molecule has 4 aliphatic rings. The monoisotopic (exact) mass is 491 g/mol. The Balaban J connectivity index is 1.67. The lowest BCUT2D eigenvalue weighted by atomic mass is 9.43. The van der Waals surface area contributed by atoms with Gasteiger partial charge in [-0.2, -0.15) is 0 Å². The number of fused-ring (bicyclic) bond motifs is 5. The first-order chi connectivity index (χ1) is 16.5. The van der Waals surface area contributed by atoms with Gasteiger partial charge in [0.2, 0.25) is 0 Å². The highest BCUT2D eigenvalue weighted by Crippen LogP contribution is 2.67. The normalized spacial score (nSPS) is 44.9. The minimum Gasteiger partial charge on any atom is -0.481 e. The van der Waals surface area contributed by atoms with Crippen LogP contribution in [0.2, 0.25) is 0 Å². The van der Waals surface area contributed by atoms with E-state index in [-0.39, 0.29) is 34.9 Å². The quantitative estimate of drug-likeness (QED) is 0.449. The van der Waals surface area contributed by atoms with Crippen LogP contribution >= 0.6 is 0 Å². The van der Waals surface area contributed by atoms with Crippen LogP contribution < -0.4 is 5.32 Å². The van der Waals surface area contributed by atoms with Gasteiger partial charge >= 0.3 is 11.9 Å². The molecule has 0 heterocycles. The summed E-state index contributed by atoms with van der Waals surface area (Å²) in [6.45, 7) is 14.4. The molecule has 4 fully saturated rings. The van der Waals surface area contributed by atoms with Gasteiger partial charge in [-0.3, -0.25) is 9.59 Å². The maximum absolute atomic E-state index is 12.3. The lowest BCUT2D eigenvalue weighted by molar-refractivity contribution is -0.195. The van der Waals surface area contributed by atoms with Crippen LogP contribution in [0.15, 0.2) is 0 Å². The van der Waals surface area contributed by atoms with Crippen LogP contribution in [-0.2, 0) is 19.1 Å². The van der Waals surface area contributed by atoms with Gasteiger partial charge in [-0.05, 0) is 105 Å². The first-order valence-electron chi connectivity index (χ1n) is 14.3. The molecule has 0 amide bonds. The summed E-state index contributed by atoms with van der Waals surface area (Å²) in [5.74, 6) is 1.61. The molecular formula is C29H49NO5. The second-order valence-electron chi connectivity index (χ2n) is 13.1. The zero-order valence-corrected chi connectivity index (χ0v) is 22.8. The Morgan fingerprint density at radius 3 is 2.43 bits per heavy atom. The summed E-state index contributed by atoms with van der Waals surface area (Å²) in [6, 6.07) is 0.320. The predicted octanol–water partition coefficient (Wildman–Crippen LogP) is 5.29. The van der Waals surface area contributed by atoms with E-state index in [1.165, 1.54) is 6.92 Å². The number of carbonyl (C=O) groups is 2. The smallest absolute Gasteiger partial charge is 0.307 e. The predicted molar refractivity (Wildman–Crippen MR) is 136 cm³/mol. The third-order valence-electron chi connectivity index (χ3n) is 10.7. The van der Waals surface area contributed by atoms with Crippen molar-refractivity contribution < 1.29 is 24.2 Å². The van der Waals surface area contributed by atoms with Gasteiger partial charge in [-0.15, -0.1) is 0 Å². The van der Waals surface area contributed by atoms with Crippen LogP contribution in [0.25, 0.3) is 0 Å². The Morgan fingerprint density at radius 1 is 1.06 bits per heavy atom. The standard InChI is InChI=1S/C29H49NO5/c1-7-34-25-16-28(5)19(14-24(25)35-18(4)31)8-9-20-21-10-11-22(27(32)33)29(21,6)15-23(26(20)28)30-13-12-17(2)3/h17,19-26,30H,7-16H2,1-6H3,(H,32,33)/t19-,20-,21-,22+,23+,24-,25-,26+,28-,29-/m0/s1. The number of aliphatic carboxylic acids is 1. The van der Waals surface area contributed by atoms with E-state index < -0.39 is 5.97 Å². The summed E-state index contributed by atoms with van der Waals surface area (Å²) in [5, 5.41) is 14.1. The molecular weight excluding hydrogens is 442 g/mol. The molecule has 0 unspecified atom stereocenters. The van der Waals surface area contributed by atoms with Crippen LogP contribution in [0.1, 0.15) is 92.9 Å². The topological polar surface area (TPSA) is 84.9 Å². The van der Waals surface area contributed by atoms with Crippen molar-refractivity contribution in [3.63, 3.8) is 0 Å². The molecule has 4 rings (SSSR count). The highest BCUT2D eigenvalue weighted by molar-refractivity contribution is 5.71.